The SMILES string of the molecule is CC(Oc1ccc(C(C)(C)C)cc1)C(=O)NNC(=O)c1ccc(OCc2ccccc2)cc1. The van der Waals surface area contributed by atoms with Crippen LogP contribution in [0.25, 0.3) is 0 Å². The molecule has 0 saturated heterocycles. The molecule has 0 spiro atoms. The number of ether oxygens (including phenoxy) is 2. The minimum absolute atomic E-state index is 0.0397. The number of carbonyl (C=O) groups is 2. The van der Waals surface area contributed by atoms with Gasteiger partial charge in [0.2, 0.25) is 0 Å². The third kappa shape index (κ3) is 7.10. The van der Waals surface area contributed by atoms with E-state index in [0.29, 0.717) is 23.7 Å². The van der Waals surface area contributed by atoms with E-state index in [2.05, 4.69) is 31.6 Å². The van der Waals surface area contributed by atoms with Gasteiger partial charge in [-0.05, 0) is 59.9 Å². The lowest BCUT2D eigenvalue weighted by atomic mass is 9.87. The van der Waals surface area contributed by atoms with Crippen LogP contribution < -0.4 is 20.3 Å². The molecule has 0 aromatic heterocycles. The Labute approximate surface area is 194 Å². The van der Waals surface area contributed by atoms with Crippen LogP contribution in [0.2, 0.25) is 0 Å². The normalized spacial score (nSPS) is 11.9. The van der Waals surface area contributed by atoms with Crippen molar-refractivity contribution < 1.29 is 19.1 Å². The summed E-state index contributed by atoms with van der Waals surface area (Å²) < 4.78 is 11.4. The predicted molar refractivity (Wildman–Crippen MR) is 128 cm³/mol. The van der Waals surface area contributed by atoms with E-state index in [9.17, 15) is 9.59 Å². The molecular formula is C27H30N2O4. The van der Waals surface area contributed by atoms with Gasteiger partial charge in [-0.25, -0.2) is 0 Å². The van der Waals surface area contributed by atoms with Crippen molar-refractivity contribution >= 4 is 11.8 Å². The van der Waals surface area contributed by atoms with Crippen molar-refractivity contribution in [3.63, 3.8) is 0 Å². The Morgan fingerprint density at radius 2 is 1.42 bits per heavy atom. The van der Waals surface area contributed by atoms with E-state index in [1.165, 1.54) is 5.56 Å². The third-order valence-electron chi connectivity index (χ3n) is 5.07. The number of carbonyl (C=O) groups excluding carboxylic acids is 2. The van der Waals surface area contributed by atoms with Gasteiger partial charge >= 0.3 is 0 Å². The zero-order valence-electron chi connectivity index (χ0n) is 19.4. The molecule has 0 fully saturated rings. The highest BCUT2D eigenvalue weighted by Gasteiger charge is 2.17. The van der Waals surface area contributed by atoms with E-state index in [1.807, 2.05) is 54.6 Å². The lowest BCUT2D eigenvalue weighted by Gasteiger charge is -2.20. The molecule has 1 atom stereocenters. The van der Waals surface area contributed by atoms with E-state index in [1.54, 1.807) is 31.2 Å². The number of nitrogens with one attached hydrogen (secondary N) is 2. The molecule has 3 aromatic carbocycles. The van der Waals surface area contributed by atoms with Crippen LogP contribution in [0, 0.1) is 0 Å². The van der Waals surface area contributed by atoms with Crippen LogP contribution in [0.15, 0.2) is 78.9 Å². The summed E-state index contributed by atoms with van der Waals surface area (Å²) in [5.41, 5.74) is 7.49. The molecule has 0 aliphatic carbocycles. The maximum absolute atomic E-state index is 12.3. The fraction of sp³-hybridized carbons (Fsp3) is 0.259. The van der Waals surface area contributed by atoms with Gasteiger partial charge in [-0.3, -0.25) is 20.4 Å². The van der Waals surface area contributed by atoms with Crippen molar-refractivity contribution in [2.24, 2.45) is 0 Å². The molecule has 6 nitrogen and oxygen atoms in total. The molecule has 0 heterocycles. The van der Waals surface area contributed by atoms with Crippen molar-refractivity contribution in [1.82, 2.24) is 10.9 Å². The summed E-state index contributed by atoms with van der Waals surface area (Å²) in [7, 11) is 0. The third-order valence-corrected chi connectivity index (χ3v) is 5.07. The first-order chi connectivity index (χ1) is 15.7. The van der Waals surface area contributed by atoms with Crippen LogP contribution in [-0.4, -0.2) is 17.9 Å². The zero-order valence-corrected chi connectivity index (χ0v) is 19.4. The topological polar surface area (TPSA) is 76.7 Å². The van der Waals surface area contributed by atoms with Gasteiger partial charge in [0.25, 0.3) is 11.8 Å². The van der Waals surface area contributed by atoms with Gasteiger partial charge in [-0.15, -0.1) is 0 Å². The van der Waals surface area contributed by atoms with Gasteiger partial charge in [-0.1, -0.05) is 63.2 Å². The molecule has 0 aliphatic heterocycles. The van der Waals surface area contributed by atoms with Crippen molar-refractivity contribution in [3.05, 3.63) is 95.6 Å². The Kier molecular flexibility index (Phi) is 7.72. The summed E-state index contributed by atoms with van der Waals surface area (Å²) >= 11 is 0. The largest absolute Gasteiger partial charge is 0.489 e. The maximum atomic E-state index is 12.3. The summed E-state index contributed by atoms with van der Waals surface area (Å²) in [6.07, 6.45) is -0.778. The molecule has 1 unspecified atom stereocenters. The van der Waals surface area contributed by atoms with Gasteiger partial charge in [0.15, 0.2) is 6.10 Å². The monoisotopic (exact) mass is 446 g/mol. The van der Waals surface area contributed by atoms with Crippen molar-refractivity contribution in [2.45, 2.75) is 45.8 Å². The molecule has 0 radical (unpaired) electrons. The highest BCUT2D eigenvalue weighted by atomic mass is 16.5. The average molecular weight is 447 g/mol. The molecule has 2 amide bonds. The number of rotatable bonds is 7. The van der Waals surface area contributed by atoms with E-state index < -0.39 is 17.9 Å². The highest BCUT2D eigenvalue weighted by Crippen LogP contribution is 2.24. The number of hydrogen-bond donors (Lipinski definition) is 2. The van der Waals surface area contributed by atoms with Crippen LogP contribution in [0.3, 0.4) is 0 Å². The van der Waals surface area contributed by atoms with Crippen molar-refractivity contribution in [2.75, 3.05) is 0 Å². The molecule has 0 saturated carbocycles. The summed E-state index contributed by atoms with van der Waals surface area (Å²) in [4.78, 5) is 24.7. The smallest absolute Gasteiger partial charge is 0.279 e. The Balaban J connectivity index is 1.45. The van der Waals surface area contributed by atoms with Gasteiger partial charge in [-0.2, -0.15) is 0 Å². The van der Waals surface area contributed by atoms with Crippen LogP contribution in [-0.2, 0) is 16.8 Å². The van der Waals surface area contributed by atoms with Crippen LogP contribution >= 0.6 is 0 Å². The minimum atomic E-state index is -0.778. The van der Waals surface area contributed by atoms with Crippen LogP contribution in [0.5, 0.6) is 11.5 Å². The number of hydrazine groups is 1. The molecule has 0 aliphatic rings. The molecule has 172 valence electrons. The van der Waals surface area contributed by atoms with Gasteiger partial charge in [0.1, 0.15) is 18.1 Å². The van der Waals surface area contributed by atoms with Gasteiger partial charge in [0.05, 0.1) is 0 Å². The molecule has 3 rings (SSSR count). The van der Waals surface area contributed by atoms with E-state index in [-0.39, 0.29) is 5.41 Å². The van der Waals surface area contributed by atoms with E-state index in [4.69, 9.17) is 9.47 Å². The Morgan fingerprint density at radius 1 is 0.818 bits per heavy atom. The summed E-state index contributed by atoms with van der Waals surface area (Å²) in [6.45, 7) is 8.46. The first-order valence-electron chi connectivity index (χ1n) is 10.9. The van der Waals surface area contributed by atoms with Crippen molar-refractivity contribution in [1.29, 1.82) is 0 Å². The summed E-state index contributed by atoms with van der Waals surface area (Å²) in [5.74, 6) is 0.354. The standard InChI is InChI=1S/C27H30N2O4/c1-19(33-24-16-12-22(13-17-24)27(2,3)4)25(30)28-29-26(31)21-10-14-23(15-11-21)32-18-20-8-6-5-7-9-20/h5-17,19H,18H2,1-4H3,(H,28,30)(H,29,31). The lowest BCUT2D eigenvalue weighted by molar-refractivity contribution is -0.128. The fourth-order valence-corrected chi connectivity index (χ4v) is 3.03. The molecule has 3 aromatic rings. The van der Waals surface area contributed by atoms with Crippen molar-refractivity contribution in [3.8, 4) is 11.5 Å². The van der Waals surface area contributed by atoms with Gasteiger partial charge in [0, 0.05) is 5.56 Å². The minimum Gasteiger partial charge on any atom is -0.489 e. The molecule has 6 heteroatoms. The van der Waals surface area contributed by atoms with E-state index in [0.717, 1.165) is 5.56 Å². The quantitative estimate of drug-likeness (QED) is 0.512. The Hall–Kier alpha value is -3.80. The number of hydrogen-bond acceptors (Lipinski definition) is 4. The molecular weight excluding hydrogens is 416 g/mol. The second-order valence-electron chi connectivity index (χ2n) is 8.78. The number of amides is 2. The van der Waals surface area contributed by atoms with Crippen LogP contribution in [0.1, 0.15) is 49.2 Å². The summed E-state index contributed by atoms with van der Waals surface area (Å²) in [6, 6.07) is 24.2. The molecule has 0 bridgehead atoms. The first-order valence-corrected chi connectivity index (χ1v) is 10.9. The Morgan fingerprint density at radius 3 is 2.03 bits per heavy atom. The van der Waals surface area contributed by atoms with E-state index >= 15 is 0 Å². The van der Waals surface area contributed by atoms with Crippen LogP contribution in [0.4, 0.5) is 0 Å². The summed E-state index contributed by atoms with van der Waals surface area (Å²) in [5, 5.41) is 0. The molecule has 33 heavy (non-hydrogen) atoms. The Bertz CT molecular complexity index is 1060. The maximum Gasteiger partial charge on any atom is 0.279 e. The second kappa shape index (κ2) is 10.7. The second-order valence-corrected chi connectivity index (χ2v) is 8.78. The van der Waals surface area contributed by atoms with Gasteiger partial charge < -0.3 is 9.47 Å². The average Bonchev–Trinajstić information content (AvgIpc) is 2.81. The first kappa shape index (κ1) is 23.9. The lowest BCUT2D eigenvalue weighted by Crippen LogP contribution is -2.47. The highest BCUT2D eigenvalue weighted by molar-refractivity contribution is 5.95. The zero-order chi connectivity index (χ0) is 23.8. The fourth-order valence-electron chi connectivity index (χ4n) is 3.03. The number of benzene rings is 3. The molecule has 2 N–H and O–H groups in total. The predicted octanol–water partition coefficient (Wildman–Crippen LogP) is 4.79.